The maximum Gasteiger partial charge on any atom is 0.258 e. The van der Waals surface area contributed by atoms with Gasteiger partial charge in [-0.1, -0.05) is 6.07 Å². The maximum absolute atomic E-state index is 14.6. The lowest BCUT2D eigenvalue weighted by Gasteiger charge is -2.24. The minimum atomic E-state index is -4.14. The average Bonchev–Trinajstić information content (AvgIpc) is 3.34. The van der Waals surface area contributed by atoms with Crippen LogP contribution in [0.5, 0.6) is 0 Å². The van der Waals surface area contributed by atoms with E-state index < -0.39 is 38.3 Å². The van der Waals surface area contributed by atoms with Crippen molar-refractivity contribution in [3.05, 3.63) is 89.5 Å². The summed E-state index contributed by atoms with van der Waals surface area (Å²) in [7, 11) is -4.14. The monoisotopic (exact) mass is 475 g/mol. The second-order valence-electron chi connectivity index (χ2n) is 7.56. The van der Waals surface area contributed by atoms with Crippen LogP contribution < -0.4 is 4.90 Å². The highest BCUT2D eigenvalue weighted by Gasteiger charge is 2.31. The third-order valence-electron chi connectivity index (χ3n) is 5.35. The molecule has 0 radical (unpaired) electrons. The fraction of sp³-hybridized carbons (Fsp3) is 0.217. The molecule has 0 saturated carbocycles. The number of hydrogen-bond acceptors (Lipinski definition) is 4. The van der Waals surface area contributed by atoms with E-state index in [-0.39, 0.29) is 30.9 Å². The molecule has 172 valence electrons. The number of halogens is 3. The van der Waals surface area contributed by atoms with Crippen LogP contribution in [0.3, 0.4) is 0 Å². The molecule has 2 heterocycles. The number of rotatable bonds is 6. The number of amides is 1. The van der Waals surface area contributed by atoms with E-state index in [9.17, 15) is 26.4 Å². The summed E-state index contributed by atoms with van der Waals surface area (Å²) in [5, 5.41) is 0. The van der Waals surface area contributed by atoms with Crippen LogP contribution in [0, 0.1) is 17.5 Å². The Morgan fingerprint density at radius 1 is 0.970 bits per heavy atom. The van der Waals surface area contributed by atoms with E-state index in [1.807, 2.05) is 0 Å². The number of carbonyl (C=O) groups is 1. The number of pyridine rings is 1. The Morgan fingerprint density at radius 2 is 1.73 bits per heavy atom. The summed E-state index contributed by atoms with van der Waals surface area (Å²) in [4.78, 5) is 17.9. The molecule has 1 saturated heterocycles. The Hall–Kier alpha value is -3.24. The van der Waals surface area contributed by atoms with Gasteiger partial charge in [0.05, 0.1) is 17.9 Å². The molecule has 0 spiro atoms. The van der Waals surface area contributed by atoms with E-state index >= 15 is 0 Å². The summed E-state index contributed by atoms with van der Waals surface area (Å²) in [6, 6.07) is 10.7. The lowest BCUT2D eigenvalue weighted by Crippen LogP contribution is -2.32. The number of anilines is 1. The summed E-state index contributed by atoms with van der Waals surface area (Å²) in [5.41, 5.74) is 0.0377. The Bertz CT molecular complexity index is 1280. The predicted octanol–water partition coefficient (Wildman–Crippen LogP) is 4.13. The zero-order chi connectivity index (χ0) is 23.6. The second kappa shape index (κ2) is 9.32. The van der Waals surface area contributed by atoms with E-state index in [2.05, 4.69) is 4.98 Å². The van der Waals surface area contributed by atoms with Crippen molar-refractivity contribution >= 4 is 21.6 Å². The minimum absolute atomic E-state index is 0.158. The summed E-state index contributed by atoms with van der Waals surface area (Å²) < 4.78 is 69.6. The number of benzene rings is 2. The SMILES string of the molecule is O=C(c1ccc(F)c(S(=O)(=O)N2CCCC2)c1)N(Cc1ccccn1)c1ccc(F)cc1F. The molecule has 0 N–H and O–H groups in total. The minimum Gasteiger partial charge on any atom is -0.299 e. The Morgan fingerprint density at radius 3 is 2.39 bits per heavy atom. The molecule has 1 amide bonds. The van der Waals surface area contributed by atoms with Gasteiger partial charge in [-0.25, -0.2) is 21.6 Å². The first-order valence-corrected chi connectivity index (χ1v) is 11.7. The first-order valence-electron chi connectivity index (χ1n) is 10.2. The third-order valence-corrected chi connectivity index (χ3v) is 7.27. The second-order valence-corrected chi connectivity index (χ2v) is 9.47. The lowest BCUT2D eigenvalue weighted by molar-refractivity contribution is 0.0983. The maximum atomic E-state index is 14.6. The van der Waals surface area contributed by atoms with Crippen molar-refractivity contribution in [2.24, 2.45) is 0 Å². The van der Waals surface area contributed by atoms with E-state index in [1.165, 1.54) is 10.5 Å². The van der Waals surface area contributed by atoms with Gasteiger partial charge >= 0.3 is 0 Å². The van der Waals surface area contributed by atoms with Gasteiger partial charge in [0, 0.05) is 30.9 Å². The first-order chi connectivity index (χ1) is 15.8. The van der Waals surface area contributed by atoms with Crippen LogP contribution in [0.25, 0.3) is 0 Å². The number of sulfonamides is 1. The highest BCUT2D eigenvalue weighted by atomic mass is 32.2. The fourth-order valence-electron chi connectivity index (χ4n) is 3.68. The Labute approximate surface area is 189 Å². The Balaban J connectivity index is 1.76. The third kappa shape index (κ3) is 4.76. The van der Waals surface area contributed by atoms with Crippen molar-refractivity contribution < 1.29 is 26.4 Å². The molecule has 0 atom stereocenters. The smallest absolute Gasteiger partial charge is 0.258 e. The van der Waals surface area contributed by atoms with Crippen LogP contribution in [-0.2, 0) is 16.6 Å². The highest BCUT2D eigenvalue weighted by molar-refractivity contribution is 7.89. The summed E-state index contributed by atoms with van der Waals surface area (Å²) in [6.45, 7) is 0.368. The van der Waals surface area contributed by atoms with Crippen LogP contribution in [0.15, 0.2) is 65.7 Å². The first kappa shape index (κ1) is 22.9. The average molecular weight is 475 g/mol. The van der Waals surface area contributed by atoms with Gasteiger partial charge < -0.3 is 0 Å². The molecule has 10 heteroatoms. The highest BCUT2D eigenvalue weighted by Crippen LogP contribution is 2.27. The van der Waals surface area contributed by atoms with Crippen molar-refractivity contribution in [3.63, 3.8) is 0 Å². The zero-order valence-corrected chi connectivity index (χ0v) is 18.2. The van der Waals surface area contributed by atoms with Gasteiger partial charge in [-0.3, -0.25) is 14.7 Å². The molecular formula is C23H20F3N3O3S. The van der Waals surface area contributed by atoms with E-state index in [4.69, 9.17) is 0 Å². The zero-order valence-electron chi connectivity index (χ0n) is 17.4. The summed E-state index contributed by atoms with van der Waals surface area (Å²) in [5.74, 6) is -3.57. The molecule has 1 aliphatic rings. The van der Waals surface area contributed by atoms with Crippen LogP contribution >= 0.6 is 0 Å². The standard InChI is InChI=1S/C23H20F3N3O3S/c24-17-7-9-21(20(26)14-17)29(15-18-5-1-2-10-27-18)23(30)16-6-8-19(25)22(13-16)33(31,32)28-11-3-4-12-28/h1-2,5-10,13-14H,3-4,11-12,15H2. The molecule has 0 aliphatic carbocycles. The van der Waals surface area contributed by atoms with E-state index in [0.29, 0.717) is 24.6 Å². The molecule has 3 aromatic rings. The van der Waals surface area contributed by atoms with Gasteiger partial charge in [0.1, 0.15) is 22.3 Å². The normalized spacial score (nSPS) is 14.4. The molecule has 6 nitrogen and oxygen atoms in total. The molecule has 4 rings (SSSR count). The van der Waals surface area contributed by atoms with Crippen molar-refractivity contribution in [2.45, 2.75) is 24.3 Å². The molecule has 0 unspecified atom stereocenters. The van der Waals surface area contributed by atoms with E-state index in [0.717, 1.165) is 35.2 Å². The quantitative estimate of drug-likeness (QED) is 0.538. The number of nitrogens with zero attached hydrogens (tertiary/aromatic N) is 3. The predicted molar refractivity (Wildman–Crippen MR) is 116 cm³/mol. The summed E-state index contributed by atoms with van der Waals surface area (Å²) in [6.07, 6.45) is 2.83. The van der Waals surface area contributed by atoms with Crippen molar-refractivity contribution in [3.8, 4) is 0 Å². The van der Waals surface area contributed by atoms with Crippen molar-refractivity contribution in [1.82, 2.24) is 9.29 Å². The molecule has 2 aromatic carbocycles. The number of aromatic nitrogens is 1. The molecule has 0 bridgehead atoms. The van der Waals surface area contributed by atoms with Gasteiger partial charge in [0.25, 0.3) is 5.91 Å². The van der Waals surface area contributed by atoms with E-state index in [1.54, 1.807) is 18.2 Å². The van der Waals surface area contributed by atoms with Crippen molar-refractivity contribution in [1.29, 1.82) is 0 Å². The molecular weight excluding hydrogens is 455 g/mol. The lowest BCUT2D eigenvalue weighted by atomic mass is 10.1. The van der Waals surface area contributed by atoms with Gasteiger partial charge in [0.2, 0.25) is 10.0 Å². The van der Waals surface area contributed by atoms with Gasteiger partial charge in [0.15, 0.2) is 0 Å². The molecule has 1 aromatic heterocycles. The van der Waals surface area contributed by atoms with Crippen LogP contribution in [0.2, 0.25) is 0 Å². The molecule has 1 aliphatic heterocycles. The molecule has 33 heavy (non-hydrogen) atoms. The molecule has 1 fully saturated rings. The topological polar surface area (TPSA) is 70.6 Å². The fourth-order valence-corrected chi connectivity index (χ4v) is 5.29. The van der Waals surface area contributed by atoms with Gasteiger partial charge in [-0.15, -0.1) is 0 Å². The van der Waals surface area contributed by atoms with Crippen LogP contribution in [0.4, 0.5) is 18.9 Å². The summed E-state index contributed by atoms with van der Waals surface area (Å²) >= 11 is 0. The number of hydrogen-bond donors (Lipinski definition) is 0. The van der Waals surface area contributed by atoms with Gasteiger partial charge in [-0.2, -0.15) is 4.31 Å². The Kier molecular flexibility index (Phi) is 6.48. The number of carbonyl (C=O) groups excluding carboxylic acids is 1. The van der Waals surface area contributed by atoms with Gasteiger partial charge in [-0.05, 0) is 55.3 Å². The van der Waals surface area contributed by atoms with Crippen LogP contribution in [0.1, 0.15) is 28.9 Å². The van der Waals surface area contributed by atoms with Crippen molar-refractivity contribution in [2.75, 3.05) is 18.0 Å². The van der Waals surface area contributed by atoms with Crippen LogP contribution in [-0.4, -0.2) is 36.7 Å². The largest absolute Gasteiger partial charge is 0.299 e.